The Kier molecular flexibility index (Phi) is 3.43. The van der Waals surface area contributed by atoms with Crippen molar-refractivity contribution in [3.8, 4) is 23.0 Å². The molecule has 0 saturated heterocycles. The molecule has 134 valence electrons. The summed E-state index contributed by atoms with van der Waals surface area (Å²) >= 11 is 0. The van der Waals surface area contributed by atoms with Crippen LogP contribution in [0.1, 0.15) is 0 Å². The zero-order chi connectivity index (χ0) is 18.6. The van der Waals surface area contributed by atoms with Gasteiger partial charge in [0.1, 0.15) is 11.1 Å². The maximum atomic E-state index is 12.7. The van der Waals surface area contributed by atoms with Gasteiger partial charge in [-0.05, 0) is 6.07 Å². The fourth-order valence-electron chi connectivity index (χ4n) is 3.23. The van der Waals surface area contributed by atoms with Crippen LogP contribution in [0.4, 0.5) is 0 Å². The third-order valence-corrected chi connectivity index (χ3v) is 4.34. The summed E-state index contributed by atoms with van der Waals surface area (Å²) in [6.45, 7) is 0. The summed E-state index contributed by atoms with van der Waals surface area (Å²) in [6, 6.07) is 2.96. The fraction of sp³-hybridized carbons (Fsp3) is 0.222. The summed E-state index contributed by atoms with van der Waals surface area (Å²) in [7, 11) is 5.68. The highest BCUT2D eigenvalue weighted by molar-refractivity contribution is 6.23. The van der Waals surface area contributed by atoms with E-state index >= 15 is 0 Å². The first-order chi connectivity index (χ1) is 12.5. The van der Waals surface area contributed by atoms with Crippen LogP contribution >= 0.6 is 0 Å². The molecule has 0 fully saturated rings. The lowest BCUT2D eigenvalue weighted by atomic mass is 10.0. The summed E-state index contributed by atoms with van der Waals surface area (Å²) in [5, 5.41) is 1.08. The minimum atomic E-state index is -0.663. The van der Waals surface area contributed by atoms with E-state index in [2.05, 4.69) is 0 Å². The van der Waals surface area contributed by atoms with Crippen molar-refractivity contribution in [2.24, 2.45) is 0 Å². The van der Waals surface area contributed by atoms with Gasteiger partial charge in [-0.15, -0.1) is 0 Å². The maximum absolute atomic E-state index is 12.7. The van der Waals surface area contributed by atoms with Crippen molar-refractivity contribution in [3.05, 3.63) is 33.0 Å². The molecule has 8 nitrogen and oxygen atoms in total. The van der Waals surface area contributed by atoms with Crippen LogP contribution in [0.25, 0.3) is 32.7 Å². The molecule has 0 unspecified atom stereocenters. The lowest BCUT2D eigenvalue weighted by Gasteiger charge is -2.15. The third-order valence-electron chi connectivity index (χ3n) is 4.34. The molecule has 26 heavy (non-hydrogen) atoms. The smallest absolute Gasteiger partial charge is 0.348 e. The Morgan fingerprint density at radius 3 is 1.92 bits per heavy atom. The van der Waals surface area contributed by atoms with Crippen LogP contribution in [0.5, 0.6) is 23.0 Å². The predicted molar refractivity (Wildman–Crippen MR) is 93.4 cm³/mol. The topological polar surface area (TPSA) is 97.3 Å². The van der Waals surface area contributed by atoms with Gasteiger partial charge in [0.2, 0.25) is 5.75 Å². The molecule has 4 aromatic rings. The molecule has 2 heterocycles. The van der Waals surface area contributed by atoms with E-state index in [9.17, 15) is 9.59 Å². The minimum Gasteiger partial charge on any atom is -0.496 e. The Labute approximate surface area is 145 Å². The van der Waals surface area contributed by atoms with Crippen LogP contribution in [-0.4, -0.2) is 28.4 Å². The highest BCUT2D eigenvalue weighted by atomic mass is 16.5. The molecule has 2 aromatic heterocycles. The molecule has 0 radical (unpaired) electrons. The Hall–Kier alpha value is -3.42. The van der Waals surface area contributed by atoms with Gasteiger partial charge in [-0.3, -0.25) is 0 Å². The van der Waals surface area contributed by atoms with Crippen LogP contribution in [-0.2, 0) is 0 Å². The Morgan fingerprint density at radius 2 is 1.31 bits per heavy atom. The SMILES string of the molecule is COc1cc2c(=O)oc3c(OC)cc(OC)c4c(=O)oc(c1OC)c2c34. The molecule has 0 saturated carbocycles. The first kappa shape index (κ1) is 16.1. The van der Waals surface area contributed by atoms with Gasteiger partial charge in [-0.25, -0.2) is 9.59 Å². The van der Waals surface area contributed by atoms with E-state index in [0.29, 0.717) is 10.8 Å². The Balaban J connectivity index is 2.44. The molecular formula is C18H14O8. The number of ether oxygens (including phenoxy) is 4. The molecule has 0 bridgehead atoms. The monoisotopic (exact) mass is 358 g/mol. The molecule has 0 amide bonds. The molecular weight excluding hydrogens is 344 g/mol. The first-order valence-corrected chi connectivity index (χ1v) is 7.58. The van der Waals surface area contributed by atoms with Gasteiger partial charge >= 0.3 is 11.3 Å². The van der Waals surface area contributed by atoms with Gasteiger partial charge in [0.25, 0.3) is 0 Å². The Bertz CT molecular complexity index is 1260. The van der Waals surface area contributed by atoms with Crippen molar-refractivity contribution >= 4 is 32.7 Å². The second-order valence-corrected chi connectivity index (χ2v) is 5.50. The molecule has 0 aliphatic heterocycles. The third kappa shape index (κ3) is 1.89. The zero-order valence-electron chi connectivity index (χ0n) is 14.4. The predicted octanol–water partition coefficient (Wildman–Crippen LogP) is 2.52. The van der Waals surface area contributed by atoms with E-state index in [-0.39, 0.29) is 44.9 Å². The molecule has 8 heteroatoms. The molecule has 0 N–H and O–H groups in total. The van der Waals surface area contributed by atoms with E-state index in [4.69, 9.17) is 27.8 Å². The molecule has 0 spiro atoms. The van der Waals surface area contributed by atoms with Gasteiger partial charge < -0.3 is 27.8 Å². The van der Waals surface area contributed by atoms with Crippen molar-refractivity contribution in [2.45, 2.75) is 0 Å². The van der Waals surface area contributed by atoms with Gasteiger partial charge in [0.15, 0.2) is 22.7 Å². The standard InChI is InChI=1S/C18H14O8/c1-21-8-6-10(23-3)14-13-11-7(17(19)25-14)5-9(22-2)15(24-4)16(11)26-18(20)12(8)13/h5-6H,1-4H3. The van der Waals surface area contributed by atoms with Crippen molar-refractivity contribution in [1.29, 1.82) is 0 Å². The Morgan fingerprint density at radius 1 is 0.654 bits per heavy atom. The van der Waals surface area contributed by atoms with Crippen LogP contribution in [0.3, 0.4) is 0 Å². The number of methoxy groups -OCH3 is 4. The second-order valence-electron chi connectivity index (χ2n) is 5.50. The number of rotatable bonds is 4. The van der Waals surface area contributed by atoms with E-state index < -0.39 is 11.3 Å². The van der Waals surface area contributed by atoms with Crippen LogP contribution in [0.2, 0.25) is 0 Å². The average Bonchev–Trinajstić information content (AvgIpc) is 2.65. The number of benzene rings is 2. The van der Waals surface area contributed by atoms with Gasteiger partial charge in [-0.2, -0.15) is 0 Å². The summed E-state index contributed by atoms with van der Waals surface area (Å²) in [6.07, 6.45) is 0. The zero-order valence-corrected chi connectivity index (χ0v) is 14.4. The second kappa shape index (κ2) is 5.55. The van der Waals surface area contributed by atoms with Gasteiger partial charge in [0.05, 0.1) is 39.2 Å². The minimum absolute atomic E-state index is 0.0903. The van der Waals surface area contributed by atoms with Gasteiger partial charge in [-0.1, -0.05) is 0 Å². The van der Waals surface area contributed by atoms with E-state index in [1.54, 1.807) is 0 Å². The summed E-state index contributed by atoms with van der Waals surface area (Å²) in [4.78, 5) is 25.2. The molecule has 0 aliphatic carbocycles. The highest BCUT2D eigenvalue weighted by Crippen LogP contribution is 2.45. The molecule has 0 aliphatic rings. The van der Waals surface area contributed by atoms with Crippen LogP contribution in [0.15, 0.2) is 30.6 Å². The van der Waals surface area contributed by atoms with Crippen molar-refractivity contribution in [2.75, 3.05) is 28.4 Å². The van der Waals surface area contributed by atoms with E-state index in [0.717, 1.165) is 0 Å². The largest absolute Gasteiger partial charge is 0.496 e. The lowest BCUT2D eigenvalue weighted by molar-refractivity contribution is 0.352. The van der Waals surface area contributed by atoms with Crippen molar-refractivity contribution in [1.82, 2.24) is 0 Å². The van der Waals surface area contributed by atoms with Crippen LogP contribution in [0, 0.1) is 0 Å². The molecule has 0 atom stereocenters. The number of hydrogen-bond donors (Lipinski definition) is 0. The quantitative estimate of drug-likeness (QED) is 0.405. The lowest BCUT2D eigenvalue weighted by Crippen LogP contribution is -2.09. The number of hydrogen-bond acceptors (Lipinski definition) is 8. The molecule has 4 rings (SSSR count). The summed E-state index contributed by atoms with van der Waals surface area (Å²) in [5.41, 5.74) is -1.07. The normalized spacial score (nSPS) is 11.4. The van der Waals surface area contributed by atoms with Crippen LogP contribution < -0.4 is 30.2 Å². The van der Waals surface area contributed by atoms with Crippen molar-refractivity contribution < 1.29 is 27.8 Å². The average molecular weight is 358 g/mol. The maximum Gasteiger partial charge on any atom is 0.348 e. The van der Waals surface area contributed by atoms with Gasteiger partial charge in [0, 0.05) is 11.5 Å². The first-order valence-electron chi connectivity index (χ1n) is 7.58. The summed E-state index contributed by atoms with van der Waals surface area (Å²) in [5.74, 6) is 0.949. The van der Waals surface area contributed by atoms with E-state index in [1.165, 1.54) is 40.6 Å². The fourth-order valence-corrected chi connectivity index (χ4v) is 3.23. The van der Waals surface area contributed by atoms with Crippen molar-refractivity contribution in [3.63, 3.8) is 0 Å². The molecule has 2 aromatic carbocycles. The summed E-state index contributed by atoms with van der Waals surface area (Å²) < 4.78 is 32.2. The highest BCUT2D eigenvalue weighted by Gasteiger charge is 2.27. The van der Waals surface area contributed by atoms with E-state index in [1.807, 2.05) is 0 Å².